The zero-order valence-corrected chi connectivity index (χ0v) is 11.1. The van der Waals surface area contributed by atoms with Crippen molar-refractivity contribution < 1.29 is 4.79 Å². The summed E-state index contributed by atoms with van der Waals surface area (Å²) < 4.78 is 0. The number of rotatable bonds is 2. The van der Waals surface area contributed by atoms with E-state index in [2.05, 4.69) is 25.6 Å². The molecule has 1 saturated heterocycles. The van der Waals surface area contributed by atoms with Gasteiger partial charge in [0, 0.05) is 25.2 Å². The van der Waals surface area contributed by atoms with Crippen LogP contribution in [-0.2, 0) is 4.79 Å². The van der Waals surface area contributed by atoms with Gasteiger partial charge in [0.2, 0.25) is 5.91 Å². The van der Waals surface area contributed by atoms with Gasteiger partial charge in [-0.2, -0.15) is 0 Å². The van der Waals surface area contributed by atoms with Crippen LogP contribution in [0, 0.1) is 11.8 Å². The first-order chi connectivity index (χ1) is 9.79. The molecule has 6 nitrogen and oxygen atoms in total. The van der Waals surface area contributed by atoms with Crippen LogP contribution >= 0.6 is 0 Å². The maximum atomic E-state index is 11.5. The zero-order valence-electron chi connectivity index (χ0n) is 11.1. The normalized spacial score (nSPS) is 29.2. The van der Waals surface area contributed by atoms with Crippen LogP contribution in [-0.4, -0.2) is 33.4 Å². The van der Waals surface area contributed by atoms with Crippen LogP contribution in [0.1, 0.15) is 19.3 Å². The molecule has 0 bridgehead atoms. The lowest BCUT2D eigenvalue weighted by atomic mass is 9.89. The third-order valence-electron chi connectivity index (χ3n) is 4.55. The molecule has 2 aliphatic rings. The van der Waals surface area contributed by atoms with E-state index < -0.39 is 0 Å². The summed E-state index contributed by atoms with van der Waals surface area (Å²) in [6.45, 7) is 0.824. The van der Waals surface area contributed by atoms with Gasteiger partial charge in [0.15, 0.2) is 0 Å². The van der Waals surface area contributed by atoms with Gasteiger partial charge in [-0.15, -0.1) is 0 Å². The van der Waals surface area contributed by atoms with Crippen LogP contribution in [0.15, 0.2) is 18.6 Å². The van der Waals surface area contributed by atoms with E-state index in [1.54, 1.807) is 6.33 Å². The molecule has 1 amide bonds. The second-order valence-electron chi connectivity index (χ2n) is 5.80. The molecule has 0 spiro atoms. The van der Waals surface area contributed by atoms with E-state index in [0.29, 0.717) is 24.3 Å². The number of nitrogens with zero attached hydrogens (tertiary/aromatic N) is 2. The average Bonchev–Trinajstić information content (AvgIpc) is 3.04. The molecule has 2 aromatic heterocycles. The highest BCUT2D eigenvalue weighted by atomic mass is 16.1. The summed E-state index contributed by atoms with van der Waals surface area (Å²) in [6, 6.07) is 2.38. The van der Waals surface area contributed by atoms with E-state index in [1.807, 2.05) is 12.3 Å². The van der Waals surface area contributed by atoms with E-state index in [4.69, 9.17) is 0 Å². The number of hydrogen-bond donors (Lipinski definition) is 3. The second kappa shape index (κ2) is 4.47. The van der Waals surface area contributed by atoms with E-state index >= 15 is 0 Å². The number of piperidine rings is 1. The van der Waals surface area contributed by atoms with Gasteiger partial charge in [0.25, 0.3) is 0 Å². The zero-order chi connectivity index (χ0) is 13.5. The fourth-order valence-electron chi connectivity index (χ4n) is 3.57. The minimum absolute atomic E-state index is 0.196. The van der Waals surface area contributed by atoms with Crippen molar-refractivity contribution in [1.29, 1.82) is 0 Å². The van der Waals surface area contributed by atoms with Gasteiger partial charge in [-0.3, -0.25) is 4.79 Å². The number of carbonyl (C=O) groups excluding carboxylic acids is 1. The summed E-state index contributed by atoms with van der Waals surface area (Å²) in [5.74, 6) is 2.21. The molecule has 20 heavy (non-hydrogen) atoms. The molecule has 3 N–H and O–H groups in total. The van der Waals surface area contributed by atoms with Gasteiger partial charge >= 0.3 is 0 Å². The van der Waals surface area contributed by atoms with Gasteiger partial charge in [-0.05, 0) is 30.7 Å². The van der Waals surface area contributed by atoms with Crippen molar-refractivity contribution in [2.45, 2.75) is 25.3 Å². The molecule has 1 aliphatic carbocycles. The van der Waals surface area contributed by atoms with Gasteiger partial charge < -0.3 is 15.6 Å². The molecule has 4 rings (SSSR count). The van der Waals surface area contributed by atoms with Crippen molar-refractivity contribution in [2.24, 2.45) is 11.8 Å². The largest absolute Gasteiger partial charge is 0.367 e. The molecular weight excluding hydrogens is 254 g/mol. The molecule has 1 saturated carbocycles. The Hall–Kier alpha value is -2.11. The number of anilines is 1. The molecule has 6 heteroatoms. The minimum atomic E-state index is 0.196. The standard InChI is InChI=1S/C14H17N5O/c20-12-5-8-3-10(4-9(8)6-16-12)19-14-11-1-2-15-13(11)17-7-18-14/h1-2,7-10H,3-6H2,(H,16,20)(H2,15,17,18,19). The SMILES string of the molecule is O=C1CC2CC(Nc3ncnc4[nH]ccc34)CC2CN1. The van der Waals surface area contributed by atoms with Crippen molar-refractivity contribution in [1.82, 2.24) is 20.3 Å². The number of fused-ring (bicyclic) bond motifs is 2. The van der Waals surface area contributed by atoms with Crippen molar-refractivity contribution in [3.05, 3.63) is 18.6 Å². The lowest BCUT2D eigenvalue weighted by Crippen LogP contribution is -2.38. The number of carbonyl (C=O) groups is 1. The number of aromatic nitrogens is 3. The molecular formula is C14H17N5O. The molecule has 3 unspecified atom stereocenters. The Bertz CT molecular complexity index is 652. The predicted molar refractivity (Wildman–Crippen MR) is 75.1 cm³/mol. The molecule has 1 aliphatic heterocycles. The fraction of sp³-hybridized carbons (Fsp3) is 0.500. The fourth-order valence-corrected chi connectivity index (χ4v) is 3.57. The van der Waals surface area contributed by atoms with Crippen molar-refractivity contribution in [3.63, 3.8) is 0 Å². The van der Waals surface area contributed by atoms with Gasteiger partial charge in [-0.25, -0.2) is 9.97 Å². The van der Waals surface area contributed by atoms with E-state index in [0.717, 1.165) is 36.2 Å². The summed E-state index contributed by atoms with van der Waals surface area (Å²) in [5, 5.41) is 7.52. The molecule has 104 valence electrons. The van der Waals surface area contributed by atoms with Crippen LogP contribution in [0.3, 0.4) is 0 Å². The predicted octanol–water partition coefficient (Wildman–Crippen LogP) is 1.28. The third-order valence-corrected chi connectivity index (χ3v) is 4.55. The Balaban J connectivity index is 1.53. The Kier molecular flexibility index (Phi) is 2.61. The van der Waals surface area contributed by atoms with Crippen LogP contribution in [0.4, 0.5) is 5.82 Å². The van der Waals surface area contributed by atoms with E-state index in [-0.39, 0.29) is 5.91 Å². The number of amides is 1. The summed E-state index contributed by atoms with van der Waals surface area (Å²) >= 11 is 0. The first-order valence-corrected chi connectivity index (χ1v) is 7.11. The summed E-state index contributed by atoms with van der Waals surface area (Å²) in [4.78, 5) is 23.1. The van der Waals surface area contributed by atoms with Crippen LogP contribution in [0.25, 0.3) is 11.0 Å². The average molecular weight is 271 g/mol. The molecule has 0 aromatic carbocycles. The molecule has 3 atom stereocenters. The first-order valence-electron chi connectivity index (χ1n) is 7.11. The molecule has 3 heterocycles. The van der Waals surface area contributed by atoms with Gasteiger partial charge in [0.05, 0.1) is 5.39 Å². The molecule has 0 radical (unpaired) electrons. The van der Waals surface area contributed by atoms with Crippen LogP contribution in [0.2, 0.25) is 0 Å². The highest BCUT2D eigenvalue weighted by Gasteiger charge is 2.38. The number of hydrogen-bond acceptors (Lipinski definition) is 4. The molecule has 2 aromatic rings. The van der Waals surface area contributed by atoms with Crippen molar-refractivity contribution in [3.8, 4) is 0 Å². The smallest absolute Gasteiger partial charge is 0.220 e. The summed E-state index contributed by atoms with van der Waals surface area (Å²) in [6.07, 6.45) is 6.27. The Morgan fingerprint density at radius 1 is 1.25 bits per heavy atom. The lowest BCUT2D eigenvalue weighted by molar-refractivity contribution is -0.124. The van der Waals surface area contributed by atoms with Gasteiger partial charge in [0.1, 0.15) is 17.8 Å². The number of aromatic amines is 1. The Morgan fingerprint density at radius 3 is 3.10 bits per heavy atom. The van der Waals surface area contributed by atoms with Crippen LogP contribution < -0.4 is 10.6 Å². The van der Waals surface area contributed by atoms with Crippen LogP contribution in [0.5, 0.6) is 0 Å². The van der Waals surface area contributed by atoms with Crippen molar-refractivity contribution >= 4 is 22.8 Å². The third kappa shape index (κ3) is 1.92. The van der Waals surface area contributed by atoms with E-state index in [9.17, 15) is 4.79 Å². The summed E-state index contributed by atoms with van der Waals surface area (Å²) in [7, 11) is 0. The highest BCUT2D eigenvalue weighted by molar-refractivity contribution is 5.86. The lowest BCUT2D eigenvalue weighted by Gasteiger charge is -2.24. The Labute approximate surface area is 116 Å². The van der Waals surface area contributed by atoms with Crippen molar-refractivity contribution in [2.75, 3.05) is 11.9 Å². The second-order valence-corrected chi connectivity index (χ2v) is 5.80. The van der Waals surface area contributed by atoms with E-state index in [1.165, 1.54) is 0 Å². The topological polar surface area (TPSA) is 82.7 Å². The van der Waals surface area contributed by atoms with Gasteiger partial charge in [-0.1, -0.05) is 0 Å². The number of nitrogens with one attached hydrogen (secondary N) is 3. The Morgan fingerprint density at radius 2 is 2.15 bits per heavy atom. The molecule has 2 fully saturated rings. The quantitative estimate of drug-likeness (QED) is 0.768. The number of H-pyrrole nitrogens is 1. The highest BCUT2D eigenvalue weighted by Crippen LogP contribution is 2.37. The first kappa shape index (κ1) is 11.7. The summed E-state index contributed by atoms with van der Waals surface area (Å²) in [5.41, 5.74) is 0.856. The maximum absolute atomic E-state index is 11.5. The monoisotopic (exact) mass is 271 g/mol. The maximum Gasteiger partial charge on any atom is 0.220 e. The minimum Gasteiger partial charge on any atom is -0.367 e.